The smallest absolute Gasteiger partial charge is 0.225 e. The summed E-state index contributed by atoms with van der Waals surface area (Å²) >= 11 is 1.85. The lowest BCUT2D eigenvalue weighted by molar-refractivity contribution is -0.131. The van der Waals surface area contributed by atoms with Crippen LogP contribution in [0, 0.1) is 5.92 Å². The Kier molecular flexibility index (Phi) is 7.01. The molecule has 0 aromatic heterocycles. The van der Waals surface area contributed by atoms with Gasteiger partial charge in [-0.2, -0.15) is 11.8 Å². The van der Waals surface area contributed by atoms with Crippen molar-refractivity contribution in [2.75, 3.05) is 46.2 Å². The van der Waals surface area contributed by atoms with Crippen molar-refractivity contribution >= 4 is 17.7 Å². The average molecular weight is 218 g/mol. The van der Waals surface area contributed by atoms with Crippen molar-refractivity contribution in [2.45, 2.75) is 6.92 Å². The van der Waals surface area contributed by atoms with Gasteiger partial charge in [-0.25, -0.2) is 0 Å². The van der Waals surface area contributed by atoms with E-state index in [1.807, 2.05) is 32.8 Å². The molecular weight excluding hydrogens is 196 g/mol. The fourth-order valence-corrected chi connectivity index (χ4v) is 2.18. The molecule has 1 unspecified atom stereocenters. The number of thioether (sulfide) groups is 1. The van der Waals surface area contributed by atoms with Crippen LogP contribution in [0.25, 0.3) is 0 Å². The summed E-state index contributed by atoms with van der Waals surface area (Å²) in [6, 6.07) is 0. The summed E-state index contributed by atoms with van der Waals surface area (Å²) in [7, 11) is 7.75. The zero-order valence-electron chi connectivity index (χ0n) is 9.91. The number of hydrogen-bond donors (Lipinski definition) is 0. The van der Waals surface area contributed by atoms with Gasteiger partial charge in [-0.3, -0.25) is 4.79 Å². The van der Waals surface area contributed by atoms with Crippen molar-refractivity contribution < 1.29 is 4.79 Å². The van der Waals surface area contributed by atoms with Gasteiger partial charge in [-0.15, -0.1) is 0 Å². The van der Waals surface area contributed by atoms with Crippen LogP contribution in [-0.2, 0) is 4.79 Å². The second-order valence-corrected chi connectivity index (χ2v) is 5.16. The summed E-state index contributed by atoms with van der Waals surface area (Å²) in [5.41, 5.74) is 0. The third-order valence-electron chi connectivity index (χ3n) is 1.91. The highest BCUT2D eigenvalue weighted by Crippen LogP contribution is 2.09. The molecule has 0 heterocycles. The van der Waals surface area contributed by atoms with Crippen molar-refractivity contribution in [1.82, 2.24) is 9.80 Å². The third-order valence-corrected chi connectivity index (χ3v) is 3.12. The number of carbonyl (C=O) groups excluding carboxylic acids is 1. The number of amides is 1. The molecule has 0 saturated carbocycles. The minimum atomic E-state index is 0.136. The van der Waals surface area contributed by atoms with E-state index in [1.54, 1.807) is 4.90 Å². The Morgan fingerprint density at radius 2 is 1.86 bits per heavy atom. The van der Waals surface area contributed by atoms with Gasteiger partial charge < -0.3 is 9.80 Å². The molecule has 14 heavy (non-hydrogen) atoms. The number of rotatable bonds is 6. The summed E-state index contributed by atoms with van der Waals surface area (Å²) in [5, 5.41) is 0. The van der Waals surface area contributed by atoms with Crippen LogP contribution in [0.2, 0.25) is 0 Å². The fraction of sp³-hybridized carbons (Fsp3) is 0.900. The summed E-state index contributed by atoms with van der Waals surface area (Å²) in [6.45, 7) is 3.07. The molecule has 0 aliphatic carbocycles. The van der Waals surface area contributed by atoms with Crippen molar-refractivity contribution in [3.63, 3.8) is 0 Å². The molecule has 0 aliphatic rings. The van der Waals surface area contributed by atoms with Crippen LogP contribution >= 0.6 is 11.8 Å². The second-order valence-electron chi connectivity index (χ2n) is 4.01. The van der Waals surface area contributed by atoms with Gasteiger partial charge in [-0.1, -0.05) is 6.92 Å². The number of carbonyl (C=O) groups is 1. The predicted octanol–water partition coefficient (Wildman–Crippen LogP) is 1.01. The minimum absolute atomic E-state index is 0.136. The first kappa shape index (κ1) is 13.8. The van der Waals surface area contributed by atoms with Crippen LogP contribution in [0.4, 0.5) is 0 Å². The zero-order chi connectivity index (χ0) is 11.1. The Balaban J connectivity index is 3.54. The van der Waals surface area contributed by atoms with E-state index in [-0.39, 0.29) is 11.8 Å². The van der Waals surface area contributed by atoms with Crippen molar-refractivity contribution in [1.29, 1.82) is 0 Å². The molecule has 0 radical (unpaired) electrons. The predicted molar refractivity (Wildman–Crippen MR) is 63.7 cm³/mol. The summed E-state index contributed by atoms with van der Waals surface area (Å²) in [4.78, 5) is 15.3. The standard InChI is InChI=1S/C10H22N2OS/c1-9(10(13)12(4)5)8-14-7-6-11(2)3/h9H,6-8H2,1-5H3. The van der Waals surface area contributed by atoms with Crippen LogP contribution in [-0.4, -0.2) is 61.9 Å². The summed E-state index contributed by atoms with van der Waals surface area (Å²) in [6.07, 6.45) is 0. The molecule has 0 aliphatic heterocycles. The van der Waals surface area contributed by atoms with E-state index in [0.29, 0.717) is 0 Å². The van der Waals surface area contributed by atoms with Gasteiger partial charge in [0.2, 0.25) is 5.91 Å². The normalized spacial score (nSPS) is 13.0. The van der Waals surface area contributed by atoms with Gasteiger partial charge >= 0.3 is 0 Å². The first-order chi connectivity index (χ1) is 6.45. The Hall–Kier alpha value is -0.220. The molecule has 0 bridgehead atoms. The molecule has 1 amide bonds. The molecule has 0 N–H and O–H groups in total. The highest BCUT2D eigenvalue weighted by atomic mass is 32.2. The SMILES string of the molecule is CC(CSCCN(C)C)C(=O)N(C)C. The molecule has 0 rings (SSSR count). The van der Waals surface area contributed by atoms with Crippen molar-refractivity contribution in [3.05, 3.63) is 0 Å². The van der Waals surface area contributed by atoms with Crippen LogP contribution in [0.15, 0.2) is 0 Å². The van der Waals surface area contributed by atoms with Gasteiger partial charge in [0.25, 0.3) is 0 Å². The van der Waals surface area contributed by atoms with Gasteiger partial charge in [0, 0.05) is 38.1 Å². The molecule has 3 nitrogen and oxygen atoms in total. The van der Waals surface area contributed by atoms with Crippen LogP contribution in [0.1, 0.15) is 6.92 Å². The van der Waals surface area contributed by atoms with E-state index in [2.05, 4.69) is 19.0 Å². The lowest BCUT2D eigenvalue weighted by Gasteiger charge is -2.16. The fourth-order valence-electron chi connectivity index (χ4n) is 1.02. The number of hydrogen-bond acceptors (Lipinski definition) is 3. The van der Waals surface area contributed by atoms with Gasteiger partial charge in [0.15, 0.2) is 0 Å². The highest BCUT2D eigenvalue weighted by molar-refractivity contribution is 7.99. The third kappa shape index (κ3) is 6.27. The van der Waals surface area contributed by atoms with E-state index in [0.717, 1.165) is 18.1 Å². The topological polar surface area (TPSA) is 23.6 Å². The van der Waals surface area contributed by atoms with E-state index < -0.39 is 0 Å². The summed E-state index contributed by atoms with van der Waals surface area (Å²) < 4.78 is 0. The minimum Gasteiger partial charge on any atom is -0.349 e. The lowest BCUT2D eigenvalue weighted by atomic mass is 10.2. The molecule has 0 aromatic rings. The van der Waals surface area contributed by atoms with Crippen molar-refractivity contribution in [2.24, 2.45) is 5.92 Å². The van der Waals surface area contributed by atoms with Crippen LogP contribution in [0.5, 0.6) is 0 Å². The van der Waals surface area contributed by atoms with E-state index >= 15 is 0 Å². The zero-order valence-corrected chi connectivity index (χ0v) is 10.7. The number of nitrogens with zero attached hydrogens (tertiary/aromatic N) is 2. The van der Waals surface area contributed by atoms with E-state index in [4.69, 9.17) is 0 Å². The summed E-state index contributed by atoms with van der Waals surface area (Å²) in [5.74, 6) is 2.38. The van der Waals surface area contributed by atoms with Crippen LogP contribution in [0.3, 0.4) is 0 Å². The van der Waals surface area contributed by atoms with E-state index in [1.165, 1.54) is 0 Å². The van der Waals surface area contributed by atoms with Crippen molar-refractivity contribution in [3.8, 4) is 0 Å². The van der Waals surface area contributed by atoms with E-state index in [9.17, 15) is 4.79 Å². The Morgan fingerprint density at radius 3 is 2.29 bits per heavy atom. The Labute approximate surface area is 91.8 Å². The largest absolute Gasteiger partial charge is 0.349 e. The maximum atomic E-state index is 11.5. The van der Waals surface area contributed by atoms with Gasteiger partial charge in [-0.05, 0) is 14.1 Å². The molecule has 0 saturated heterocycles. The molecule has 4 heteroatoms. The highest BCUT2D eigenvalue weighted by Gasteiger charge is 2.14. The molecule has 1 atom stereocenters. The van der Waals surface area contributed by atoms with Gasteiger partial charge in [0.1, 0.15) is 0 Å². The average Bonchev–Trinajstić information content (AvgIpc) is 2.10. The lowest BCUT2D eigenvalue weighted by Crippen LogP contribution is -2.29. The maximum absolute atomic E-state index is 11.5. The molecule has 0 spiro atoms. The molecule has 0 aromatic carbocycles. The molecular formula is C10H22N2OS. The maximum Gasteiger partial charge on any atom is 0.225 e. The molecule has 0 fully saturated rings. The molecule has 84 valence electrons. The first-order valence-electron chi connectivity index (χ1n) is 4.88. The monoisotopic (exact) mass is 218 g/mol. The van der Waals surface area contributed by atoms with Gasteiger partial charge in [0.05, 0.1) is 0 Å². The van der Waals surface area contributed by atoms with Crippen LogP contribution < -0.4 is 0 Å². The Morgan fingerprint density at radius 1 is 1.29 bits per heavy atom. The quantitative estimate of drug-likeness (QED) is 0.622. The Bertz CT molecular complexity index is 172. The first-order valence-corrected chi connectivity index (χ1v) is 6.04. The second kappa shape index (κ2) is 7.12.